The summed E-state index contributed by atoms with van der Waals surface area (Å²) in [4.78, 5) is 24.3. The van der Waals surface area contributed by atoms with Crippen molar-refractivity contribution in [3.8, 4) is 0 Å². The van der Waals surface area contributed by atoms with Crippen molar-refractivity contribution in [3.05, 3.63) is 64.4 Å². The first kappa shape index (κ1) is 22.0. The molecule has 0 saturated carbocycles. The molecule has 8 heteroatoms. The van der Waals surface area contributed by atoms with E-state index >= 15 is 0 Å². The van der Waals surface area contributed by atoms with Gasteiger partial charge in [0, 0.05) is 23.6 Å². The first-order valence-electron chi connectivity index (χ1n) is 10.9. The number of hydrogen-bond acceptors (Lipinski definition) is 7. The Labute approximate surface area is 188 Å². The molecule has 8 nitrogen and oxygen atoms in total. The number of anilines is 2. The highest BCUT2D eigenvalue weighted by molar-refractivity contribution is 5.96. The predicted molar refractivity (Wildman–Crippen MR) is 121 cm³/mol. The lowest BCUT2D eigenvalue weighted by Gasteiger charge is -2.33. The summed E-state index contributed by atoms with van der Waals surface area (Å²) in [6, 6.07) is 9.77. The fraction of sp³-hybridized carbons (Fsp3) is 0.417. The zero-order chi connectivity index (χ0) is 22.8. The lowest BCUT2D eigenvalue weighted by molar-refractivity contribution is -0.0248. The number of nitrogens with zero attached hydrogens (tertiary/aromatic N) is 4. The van der Waals surface area contributed by atoms with Crippen LogP contribution < -0.4 is 5.32 Å². The monoisotopic (exact) mass is 435 g/mol. The van der Waals surface area contributed by atoms with Gasteiger partial charge in [-0.1, -0.05) is 25.1 Å². The van der Waals surface area contributed by atoms with Gasteiger partial charge in [-0.25, -0.2) is 4.98 Å². The van der Waals surface area contributed by atoms with E-state index in [0.717, 1.165) is 28.6 Å². The highest BCUT2D eigenvalue weighted by Gasteiger charge is 2.31. The number of hydrogen-bond donors (Lipinski definition) is 1. The van der Waals surface area contributed by atoms with Gasteiger partial charge in [-0.05, 0) is 51.0 Å². The van der Waals surface area contributed by atoms with Crippen LogP contribution in [0.2, 0.25) is 0 Å². The molecule has 168 valence electrons. The maximum absolute atomic E-state index is 13.3. The van der Waals surface area contributed by atoms with Gasteiger partial charge in [0.25, 0.3) is 5.91 Å². The van der Waals surface area contributed by atoms with Crippen molar-refractivity contribution in [1.29, 1.82) is 0 Å². The number of nitrogens with one attached hydrogen (secondary N) is 1. The number of ether oxygens (including phenoxy) is 1. The first-order valence-corrected chi connectivity index (χ1v) is 10.9. The van der Waals surface area contributed by atoms with E-state index in [-0.39, 0.29) is 17.9 Å². The largest absolute Gasteiger partial charge is 0.368 e. The Balaban J connectivity index is 1.55. The van der Waals surface area contributed by atoms with Crippen LogP contribution in [0.4, 0.5) is 11.5 Å². The second kappa shape index (κ2) is 9.08. The van der Waals surface area contributed by atoms with Gasteiger partial charge in [0.2, 0.25) is 0 Å². The van der Waals surface area contributed by atoms with E-state index in [1.165, 1.54) is 0 Å². The third-order valence-electron chi connectivity index (χ3n) is 5.47. The van der Waals surface area contributed by atoms with Gasteiger partial charge in [-0.15, -0.1) is 0 Å². The molecule has 0 aromatic carbocycles. The van der Waals surface area contributed by atoms with Crippen LogP contribution in [-0.2, 0) is 4.74 Å². The summed E-state index contributed by atoms with van der Waals surface area (Å²) < 4.78 is 11.3. The SMILES string of the molecule is Cc1cccc(Nc2cc(C)nc([C@@H]3CN(C(=O)c4c(C(C)C)noc4C)CCO3)c2)n1. The van der Waals surface area contributed by atoms with Crippen molar-refractivity contribution >= 4 is 17.4 Å². The Morgan fingerprint density at radius 2 is 1.97 bits per heavy atom. The molecule has 0 spiro atoms. The van der Waals surface area contributed by atoms with Gasteiger partial charge >= 0.3 is 0 Å². The third kappa shape index (κ3) is 4.65. The number of pyridine rings is 2. The number of amides is 1. The molecule has 1 saturated heterocycles. The molecule has 1 aliphatic heterocycles. The minimum absolute atomic E-state index is 0.0734. The fourth-order valence-corrected chi connectivity index (χ4v) is 3.91. The molecule has 1 aliphatic rings. The van der Waals surface area contributed by atoms with Crippen molar-refractivity contribution in [2.24, 2.45) is 0 Å². The molecular weight excluding hydrogens is 406 g/mol. The van der Waals surface area contributed by atoms with Gasteiger partial charge in [-0.3, -0.25) is 9.78 Å². The van der Waals surface area contributed by atoms with Crippen molar-refractivity contribution < 1.29 is 14.1 Å². The second-order valence-electron chi connectivity index (χ2n) is 8.48. The van der Waals surface area contributed by atoms with E-state index in [9.17, 15) is 4.79 Å². The van der Waals surface area contributed by atoms with Crippen LogP contribution in [0.5, 0.6) is 0 Å². The summed E-state index contributed by atoms with van der Waals surface area (Å²) in [6.45, 7) is 11.1. The Morgan fingerprint density at radius 3 is 2.72 bits per heavy atom. The maximum Gasteiger partial charge on any atom is 0.259 e. The maximum atomic E-state index is 13.3. The lowest BCUT2D eigenvalue weighted by atomic mass is 10.0. The normalized spacial score (nSPS) is 16.4. The quantitative estimate of drug-likeness (QED) is 0.632. The van der Waals surface area contributed by atoms with Crippen molar-refractivity contribution in [2.75, 3.05) is 25.0 Å². The minimum Gasteiger partial charge on any atom is -0.368 e. The van der Waals surface area contributed by atoms with E-state index < -0.39 is 0 Å². The molecule has 0 radical (unpaired) electrons. The average molecular weight is 436 g/mol. The Bertz CT molecular complexity index is 1120. The zero-order valence-corrected chi connectivity index (χ0v) is 19.2. The molecule has 1 fully saturated rings. The Hall–Kier alpha value is -3.26. The standard InChI is InChI=1S/C24H29N5O3/c1-14(2)23-22(17(5)32-28-23)24(30)29-9-10-31-20(13-29)19-12-18(11-16(4)25-19)27-21-8-6-7-15(3)26-21/h6-8,11-12,14,20H,9-10,13H2,1-5H3,(H,25,26,27)/t20-/m0/s1. The number of carbonyl (C=O) groups excluding carboxylic acids is 1. The molecule has 4 heterocycles. The van der Waals surface area contributed by atoms with E-state index in [2.05, 4.69) is 20.4 Å². The number of aromatic nitrogens is 3. The average Bonchev–Trinajstić information content (AvgIpc) is 3.14. The molecule has 0 aliphatic carbocycles. The molecule has 32 heavy (non-hydrogen) atoms. The lowest BCUT2D eigenvalue weighted by Crippen LogP contribution is -2.43. The van der Waals surface area contributed by atoms with Crippen LogP contribution in [-0.4, -0.2) is 45.6 Å². The van der Waals surface area contributed by atoms with Gasteiger partial charge < -0.3 is 19.5 Å². The van der Waals surface area contributed by atoms with Gasteiger partial charge in [0.1, 0.15) is 23.2 Å². The summed E-state index contributed by atoms with van der Waals surface area (Å²) in [7, 11) is 0. The fourth-order valence-electron chi connectivity index (χ4n) is 3.91. The van der Waals surface area contributed by atoms with Gasteiger partial charge in [0.05, 0.1) is 24.5 Å². The Kier molecular flexibility index (Phi) is 6.23. The molecule has 3 aromatic rings. The van der Waals surface area contributed by atoms with E-state index in [4.69, 9.17) is 9.26 Å². The molecular formula is C24H29N5O3. The zero-order valence-electron chi connectivity index (χ0n) is 19.2. The molecule has 1 N–H and O–H groups in total. The van der Waals surface area contributed by atoms with Crippen molar-refractivity contribution in [2.45, 2.75) is 46.6 Å². The van der Waals surface area contributed by atoms with Crippen LogP contribution in [0.3, 0.4) is 0 Å². The van der Waals surface area contributed by atoms with Gasteiger partial charge in [-0.2, -0.15) is 0 Å². The molecule has 1 atom stereocenters. The third-order valence-corrected chi connectivity index (χ3v) is 5.47. The van der Waals surface area contributed by atoms with Gasteiger partial charge in [0.15, 0.2) is 0 Å². The number of morpholine rings is 1. The van der Waals surface area contributed by atoms with Crippen LogP contribution in [0.15, 0.2) is 34.9 Å². The Morgan fingerprint density at radius 1 is 1.16 bits per heavy atom. The van der Waals surface area contributed by atoms with E-state index in [0.29, 0.717) is 36.7 Å². The van der Waals surface area contributed by atoms with Crippen LogP contribution in [0.25, 0.3) is 0 Å². The topological polar surface area (TPSA) is 93.4 Å². The number of carbonyl (C=O) groups is 1. The summed E-state index contributed by atoms with van der Waals surface area (Å²) >= 11 is 0. The molecule has 0 bridgehead atoms. The van der Waals surface area contributed by atoms with Crippen LogP contribution >= 0.6 is 0 Å². The van der Waals surface area contributed by atoms with E-state index in [1.54, 1.807) is 11.8 Å². The smallest absolute Gasteiger partial charge is 0.259 e. The predicted octanol–water partition coefficient (Wildman–Crippen LogP) is 4.47. The summed E-state index contributed by atoms with van der Waals surface area (Å²) in [6.07, 6.45) is -0.318. The second-order valence-corrected chi connectivity index (χ2v) is 8.48. The summed E-state index contributed by atoms with van der Waals surface area (Å²) in [5, 5.41) is 7.44. The molecule has 0 unspecified atom stereocenters. The van der Waals surface area contributed by atoms with Crippen LogP contribution in [0.1, 0.15) is 64.8 Å². The van der Waals surface area contributed by atoms with E-state index in [1.807, 2.05) is 58.0 Å². The highest BCUT2D eigenvalue weighted by Crippen LogP contribution is 2.28. The summed E-state index contributed by atoms with van der Waals surface area (Å²) in [5.74, 6) is 1.35. The first-order chi connectivity index (χ1) is 15.3. The molecule has 3 aromatic heterocycles. The van der Waals surface area contributed by atoms with Crippen molar-refractivity contribution in [1.82, 2.24) is 20.0 Å². The molecule has 1 amide bonds. The highest BCUT2D eigenvalue weighted by atomic mass is 16.5. The van der Waals surface area contributed by atoms with Crippen molar-refractivity contribution in [3.63, 3.8) is 0 Å². The number of aryl methyl sites for hydroxylation is 3. The van der Waals surface area contributed by atoms with Crippen LogP contribution in [0, 0.1) is 20.8 Å². The minimum atomic E-state index is -0.318. The molecule has 4 rings (SSSR count). The summed E-state index contributed by atoms with van der Waals surface area (Å²) in [5.41, 5.74) is 4.72. The number of rotatable bonds is 5.